The zero-order valence-electron chi connectivity index (χ0n) is 16.6. The van der Waals surface area contributed by atoms with E-state index in [2.05, 4.69) is 0 Å². The number of esters is 1. The highest BCUT2D eigenvalue weighted by atomic mass is 35.5. The summed E-state index contributed by atoms with van der Waals surface area (Å²) in [4.78, 5) is 12.4. The van der Waals surface area contributed by atoms with Gasteiger partial charge in [0, 0.05) is 17.0 Å². The van der Waals surface area contributed by atoms with Crippen LogP contribution in [0.4, 0.5) is 0 Å². The highest BCUT2D eigenvalue weighted by Crippen LogP contribution is 2.61. The van der Waals surface area contributed by atoms with E-state index in [1.807, 2.05) is 6.07 Å². The third-order valence-corrected chi connectivity index (χ3v) is 6.31. The van der Waals surface area contributed by atoms with E-state index in [0.29, 0.717) is 29.4 Å². The lowest BCUT2D eigenvalue weighted by atomic mass is 10.2. The monoisotopic (exact) mass is 440 g/mol. The molecule has 0 saturated carbocycles. The molecule has 0 spiro atoms. The van der Waals surface area contributed by atoms with Gasteiger partial charge >= 0.3 is 13.6 Å². The zero-order chi connectivity index (χ0) is 21.1. The van der Waals surface area contributed by atoms with Crippen LogP contribution in [0.1, 0.15) is 38.1 Å². The van der Waals surface area contributed by atoms with Gasteiger partial charge in [0.1, 0.15) is 5.75 Å². The molecule has 0 heterocycles. The molecule has 0 N–H and O–H groups in total. The SMILES string of the molecule is CCOP(=O)(OCC)C(OC(=O)CCCOc1ccc(Cl)cc1)c1ccccc1. The number of rotatable bonds is 12. The molecule has 0 aromatic heterocycles. The minimum Gasteiger partial charge on any atom is -0.494 e. The van der Waals surface area contributed by atoms with E-state index in [0.717, 1.165) is 0 Å². The largest absolute Gasteiger partial charge is 0.494 e. The third kappa shape index (κ3) is 7.48. The summed E-state index contributed by atoms with van der Waals surface area (Å²) in [5.41, 5.74) is 0.559. The number of ether oxygens (including phenoxy) is 2. The second-order valence-corrected chi connectivity index (χ2v) is 8.54. The molecule has 6 nitrogen and oxygen atoms in total. The lowest BCUT2D eigenvalue weighted by Gasteiger charge is -2.26. The Kier molecular flexibility index (Phi) is 9.68. The summed E-state index contributed by atoms with van der Waals surface area (Å²) < 4.78 is 35.2. The number of benzene rings is 2. The summed E-state index contributed by atoms with van der Waals surface area (Å²) in [5.74, 6) is -0.950. The first-order valence-corrected chi connectivity index (χ1v) is 11.5. The molecule has 0 aliphatic heterocycles. The summed E-state index contributed by atoms with van der Waals surface area (Å²) in [6.45, 7) is 4.11. The van der Waals surface area contributed by atoms with Crippen molar-refractivity contribution in [1.29, 1.82) is 0 Å². The van der Waals surface area contributed by atoms with Crippen LogP contribution in [0.3, 0.4) is 0 Å². The molecule has 0 amide bonds. The van der Waals surface area contributed by atoms with Crippen molar-refractivity contribution >= 4 is 25.2 Å². The van der Waals surface area contributed by atoms with Crippen LogP contribution in [0, 0.1) is 0 Å². The fourth-order valence-corrected chi connectivity index (χ4v) is 4.56. The van der Waals surface area contributed by atoms with Gasteiger partial charge in [-0.2, -0.15) is 0 Å². The van der Waals surface area contributed by atoms with Crippen molar-refractivity contribution in [2.24, 2.45) is 0 Å². The maximum Gasteiger partial charge on any atom is 0.375 e. The molecule has 1 unspecified atom stereocenters. The van der Waals surface area contributed by atoms with Crippen LogP contribution < -0.4 is 4.74 Å². The van der Waals surface area contributed by atoms with Crippen molar-refractivity contribution in [2.75, 3.05) is 19.8 Å². The van der Waals surface area contributed by atoms with Crippen molar-refractivity contribution in [1.82, 2.24) is 0 Å². The summed E-state index contributed by atoms with van der Waals surface area (Å²) >= 11 is 5.84. The maximum absolute atomic E-state index is 13.2. The van der Waals surface area contributed by atoms with Gasteiger partial charge in [0.2, 0.25) is 5.85 Å². The molecule has 0 aliphatic carbocycles. The summed E-state index contributed by atoms with van der Waals surface area (Å²) in [6, 6.07) is 15.8. The molecule has 0 radical (unpaired) electrons. The third-order valence-electron chi connectivity index (χ3n) is 3.84. The van der Waals surface area contributed by atoms with Crippen molar-refractivity contribution in [3.63, 3.8) is 0 Å². The number of hydrogen-bond acceptors (Lipinski definition) is 6. The molecule has 0 saturated heterocycles. The van der Waals surface area contributed by atoms with Gasteiger partial charge in [0.05, 0.1) is 19.8 Å². The van der Waals surface area contributed by atoms with Gasteiger partial charge in [-0.3, -0.25) is 9.36 Å². The molecule has 2 aromatic carbocycles. The molecule has 0 fully saturated rings. The van der Waals surface area contributed by atoms with Crippen LogP contribution in [0.5, 0.6) is 5.75 Å². The molecule has 158 valence electrons. The molecule has 2 aromatic rings. The average molecular weight is 441 g/mol. The van der Waals surface area contributed by atoms with Crippen LogP contribution in [0.25, 0.3) is 0 Å². The first-order chi connectivity index (χ1) is 14.0. The molecular weight excluding hydrogens is 415 g/mol. The average Bonchev–Trinajstić information content (AvgIpc) is 2.71. The second kappa shape index (κ2) is 12.0. The molecular formula is C21H26ClO6P. The molecule has 8 heteroatoms. The van der Waals surface area contributed by atoms with E-state index < -0.39 is 19.4 Å². The lowest BCUT2D eigenvalue weighted by molar-refractivity contribution is -0.147. The fourth-order valence-electron chi connectivity index (χ4n) is 2.59. The van der Waals surface area contributed by atoms with Gasteiger partial charge in [0.15, 0.2) is 0 Å². The van der Waals surface area contributed by atoms with Crippen LogP contribution in [0.2, 0.25) is 5.02 Å². The van der Waals surface area contributed by atoms with Crippen molar-refractivity contribution < 1.29 is 27.9 Å². The Labute approximate surface area is 176 Å². The van der Waals surface area contributed by atoms with Gasteiger partial charge < -0.3 is 18.5 Å². The molecule has 29 heavy (non-hydrogen) atoms. The van der Waals surface area contributed by atoms with Gasteiger partial charge in [-0.05, 0) is 44.5 Å². The van der Waals surface area contributed by atoms with E-state index in [1.54, 1.807) is 62.4 Å². The van der Waals surface area contributed by atoms with E-state index in [-0.39, 0.29) is 19.6 Å². The smallest absolute Gasteiger partial charge is 0.375 e. The van der Waals surface area contributed by atoms with Crippen LogP contribution >= 0.6 is 19.2 Å². The Morgan fingerprint density at radius 2 is 1.62 bits per heavy atom. The van der Waals surface area contributed by atoms with Crippen LogP contribution in [0.15, 0.2) is 54.6 Å². The van der Waals surface area contributed by atoms with Crippen LogP contribution in [-0.4, -0.2) is 25.8 Å². The summed E-state index contributed by atoms with van der Waals surface area (Å²) in [7, 11) is -3.68. The number of carbonyl (C=O) groups excluding carboxylic acids is 1. The highest BCUT2D eigenvalue weighted by Gasteiger charge is 2.40. The Morgan fingerprint density at radius 1 is 1.00 bits per heavy atom. The highest BCUT2D eigenvalue weighted by molar-refractivity contribution is 7.54. The number of halogens is 1. The Hall–Kier alpha value is -1.85. The summed E-state index contributed by atoms with van der Waals surface area (Å²) in [5, 5.41) is 0.626. The van der Waals surface area contributed by atoms with Crippen molar-refractivity contribution in [3.8, 4) is 5.75 Å². The van der Waals surface area contributed by atoms with Gasteiger partial charge in [-0.1, -0.05) is 41.9 Å². The van der Waals surface area contributed by atoms with Gasteiger partial charge in [-0.25, -0.2) is 0 Å². The first-order valence-electron chi connectivity index (χ1n) is 9.50. The Balaban J connectivity index is 1.97. The minimum atomic E-state index is -3.68. The van der Waals surface area contributed by atoms with Gasteiger partial charge in [0.25, 0.3) is 0 Å². The van der Waals surface area contributed by atoms with Gasteiger partial charge in [-0.15, -0.1) is 0 Å². The minimum absolute atomic E-state index is 0.106. The predicted octanol–water partition coefficient (Wildman–Crippen LogP) is 6.01. The molecule has 0 aliphatic rings. The van der Waals surface area contributed by atoms with E-state index in [4.69, 9.17) is 30.1 Å². The maximum atomic E-state index is 13.2. The van der Waals surface area contributed by atoms with E-state index in [9.17, 15) is 9.36 Å². The predicted molar refractivity (Wildman–Crippen MR) is 112 cm³/mol. The molecule has 2 rings (SSSR count). The summed E-state index contributed by atoms with van der Waals surface area (Å²) in [6.07, 6.45) is 0.547. The number of hydrogen-bond donors (Lipinski definition) is 0. The Bertz CT molecular complexity index is 787. The second-order valence-electron chi connectivity index (χ2n) is 6.03. The molecule has 1 atom stereocenters. The standard InChI is InChI=1S/C21H26ClO6P/c1-3-26-29(24,27-4-2)21(17-9-6-5-7-10-17)28-20(23)11-8-16-25-19-14-12-18(22)13-15-19/h5-7,9-10,12-15,21H,3-4,8,11,16H2,1-2H3. The number of carbonyl (C=O) groups is 1. The van der Waals surface area contributed by atoms with E-state index >= 15 is 0 Å². The van der Waals surface area contributed by atoms with E-state index in [1.165, 1.54) is 0 Å². The first kappa shape index (κ1) is 23.4. The Morgan fingerprint density at radius 3 is 2.21 bits per heavy atom. The zero-order valence-corrected chi connectivity index (χ0v) is 18.2. The molecule has 0 bridgehead atoms. The lowest BCUT2D eigenvalue weighted by Crippen LogP contribution is -2.15. The van der Waals surface area contributed by atoms with Crippen molar-refractivity contribution in [2.45, 2.75) is 32.5 Å². The fraction of sp³-hybridized carbons (Fsp3) is 0.381. The quantitative estimate of drug-likeness (QED) is 0.229. The normalized spacial score (nSPS) is 12.4. The van der Waals surface area contributed by atoms with Crippen molar-refractivity contribution in [3.05, 3.63) is 65.2 Å². The topological polar surface area (TPSA) is 71.1 Å². The van der Waals surface area contributed by atoms with Crippen LogP contribution in [-0.2, 0) is 23.1 Å².